The van der Waals surface area contributed by atoms with E-state index >= 15 is 0 Å². The summed E-state index contributed by atoms with van der Waals surface area (Å²) in [5.41, 5.74) is 3.20. The van der Waals surface area contributed by atoms with Gasteiger partial charge in [-0.15, -0.1) is 0 Å². The average molecular weight is 259 g/mol. The molecule has 0 spiro atoms. The Morgan fingerprint density at radius 1 is 1.11 bits per heavy atom. The summed E-state index contributed by atoms with van der Waals surface area (Å²) in [4.78, 5) is 8.95. The molecule has 0 saturated heterocycles. The van der Waals surface area contributed by atoms with Gasteiger partial charge in [0, 0.05) is 17.3 Å². The molecular formula is C16H25N3. The molecule has 0 bridgehead atoms. The van der Waals surface area contributed by atoms with Crippen molar-refractivity contribution < 1.29 is 0 Å². The van der Waals surface area contributed by atoms with Crippen molar-refractivity contribution in [3.63, 3.8) is 0 Å². The van der Waals surface area contributed by atoms with Crippen molar-refractivity contribution in [1.82, 2.24) is 9.97 Å². The highest BCUT2D eigenvalue weighted by Crippen LogP contribution is 2.36. The van der Waals surface area contributed by atoms with Gasteiger partial charge in [0.05, 0.1) is 0 Å². The number of aromatic nitrogens is 2. The smallest absolute Gasteiger partial charge is 0.133 e. The lowest BCUT2D eigenvalue weighted by molar-refractivity contribution is 0.232. The van der Waals surface area contributed by atoms with Gasteiger partial charge in [-0.2, -0.15) is 0 Å². The molecule has 1 N–H and O–H groups in total. The summed E-state index contributed by atoms with van der Waals surface area (Å²) in [6.45, 7) is 4.77. The predicted octanol–water partition coefficient (Wildman–Crippen LogP) is 3.74. The first kappa shape index (κ1) is 12.9. The molecule has 19 heavy (non-hydrogen) atoms. The minimum absolute atomic E-state index is 0.531. The van der Waals surface area contributed by atoms with Crippen LogP contribution in [0.1, 0.15) is 63.6 Å². The molecule has 1 aromatic heterocycles. The molecule has 3 rings (SSSR count). The SMILES string of the molecule is CC1(C)CCC(Nc2ncnc3c2CCCC3)CC1. The van der Waals surface area contributed by atoms with Crippen LogP contribution in [0.25, 0.3) is 0 Å². The van der Waals surface area contributed by atoms with Crippen LogP contribution in [-0.4, -0.2) is 16.0 Å². The molecule has 1 fully saturated rings. The molecule has 0 aromatic carbocycles. The van der Waals surface area contributed by atoms with Crippen molar-refractivity contribution in [2.45, 2.75) is 71.3 Å². The standard InChI is InChI=1S/C16H25N3/c1-16(2)9-7-12(8-10-16)19-15-13-5-3-4-6-14(13)17-11-18-15/h11-12H,3-10H2,1-2H3,(H,17,18,19). The normalized spacial score (nSPS) is 22.8. The van der Waals surface area contributed by atoms with E-state index in [4.69, 9.17) is 0 Å². The van der Waals surface area contributed by atoms with Crippen molar-refractivity contribution in [3.8, 4) is 0 Å². The number of hydrogen-bond donors (Lipinski definition) is 1. The molecular weight excluding hydrogens is 234 g/mol. The van der Waals surface area contributed by atoms with Crippen molar-refractivity contribution >= 4 is 5.82 Å². The highest BCUT2D eigenvalue weighted by Gasteiger charge is 2.27. The second-order valence-corrected chi connectivity index (χ2v) is 6.94. The molecule has 0 radical (unpaired) electrons. The maximum absolute atomic E-state index is 4.50. The van der Waals surface area contributed by atoms with Crippen LogP contribution in [0.5, 0.6) is 0 Å². The van der Waals surface area contributed by atoms with Crippen LogP contribution >= 0.6 is 0 Å². The van der Waals surface area contributed by atoms with Gasteiger partial charge in [-0.25, -0.2) is 9.97 Å². The van der Waals surface area contributed by atoms with Crippen LogP contribution in [0, 0.1) is 5.41 Å². The van der Waals surface area contributed by atoms with Gasteiger partial charge in [0.2, 0.25) is 0 Å². The molecule has 1 aromatic rings. The average Bonchev–Trinajstić information content (AvgIpc) is 2.42. The second-order valence-electron chi connectivity index (χ2n) is 6.94. The molecule has 0 aliphatic heterocycles. The Hall–Kier alpha value is -1.12. The summed E-state index contributed by atoms with van der Waals surface area (Å²) >= 11 is 0. The molecule has 1 saturated carbocycles. The van der Waals surface area contributed by atoms with E-state index in [0.717, 1.165) is 18.7 Å². The van der Waals surface area contributed by atoms with E-state index in [1.165, 1.54) is 49.8 Å². The lowest BCUT2D eigenvalue weighted by Gasteiger charge is -2.35. The number of nitrogens with zero attached hydrogens (tertiary/aromatic N) is 2. The molecule has 2 aliphatic rings. The van der Waals surface area contributed by atoms with Crippen molar-refractivity contribution in [3.05, 3.63) is 17.6 Å². The molecule has 1 heterocycles. The quantitative estimate of drug-likeness (QED) is 0.879. The van der Waals surface area contributed by atoms with E-state index in [1.54, 1.807) is 6.33 Å². The van der Waals surface area contributed by atoms with E-state index in [2.05, 4.69) is 29.1 Å². The van der Waals surface area contributed by atoms with Crippen LogP contribution in [0.15, 0.2) is 6.33 Å². The minimum Gasteiger partial charge on any atom is -0.367 e. The Balaban J connectivity index is 1.70. The molecule has 0 unspecified atom stereocenters. The van der Waals surface area contributed by atoms with Crippen LogP contribution < -0.4 is 5.32 Å². The van der Waals surface area contributed by atoms with Gasteiger partial charge in [0.25, 0.3) is 0 Å². The summed E-state index contributed by atoms with van der Waals surface area (Å²) < 4.78 is 0. The fraction of sp³-hybridized carbons (Fsp3) is 0.750. The van der Waals surface area contributed by atoms with Gasteiger partial charge in [0.1, 0.15) is 12.1 Å². The van der Waals surface area contributed by atoms with Crippen LogP contribution in [0.3, 0.4) is 0 Å². The third kappa shape index (κ3) is 2.90. The van der Waals surface area contributed by atoms with Crippen LogP contribution in [0.2, 0.25) is 0 Å². The van der Waals surface area contributed by atoms with Gasteiger partial charge < -0.3 is 5.32 Å². The molecule has 2 aliphatic carbocycles. The third-order valence-corrected chi connectivity index (χ3v) is 4.80. The Morgan fingerprint density at radius 3 is 2.63 bits per heavy atom. The highest BCUT2D eigenvalue weighted by atomic mass is 15.0. The van der Waals surface area contributed by atoms with Gasteiger partial charge in [-0.1, -0.05) is 13.8 Å². The van der Waals surface area contributed by atoms with Gasteiger partial charge in [0.15, 0.2) is 0 Å². The maximum atomic E-state index is 4.50. The zero-order chi connectivity index (χ0) is 13.3. The fourth-order valence-corrected chi connectivity index (χ4v) is 3.38. The number of anilines is 1. The highest BCUT2D eigenvalue weighted by molar-refractivity contribution is 5.47. The first-order valence-corrected chi connectivity index (χ1v) is 7.73. The van der Waals surface area contributed by atoms with E-state index < -0.39 is 0 Å². The first-order chi connectivity index (χ1) is 9.14. The largest absolute Gasteiger partial charge is 0.367 e. The Labute approximate surface area is 116 Å². The van der Waals surface area contributed by atoms with Crippen LogP contribution in [0.4, 0.5) is 5.82 Å². The zero-order valence-corrected chi connectivity index (χ0v) is 12.2. The lowest BCUT2D eigenvalue weighted by Crippen LogP contribution is -2.30. The first-order valence-electron chi connectivity index (χ1n) is 7.73. The summed E-state index contributed by atoms with van der Waals surface area (Å²) in [5.74, 6) is 1.12. The Kier molecular flexibility index (Phi) is 3.46. The van der Waals surface area contributed by atoms with Gasteiger partial charge >= 0.3 is 0 Å². The third-order valence-electron chi connectivity index (χ3n) is 4.80. The second kappa shape index (κ2) is 5.10. The number of fused-ring (bicyclic) bond motifs is 1. The summed E-state index contributed by atoms with van der Waals surface area (Å²) in [6.07, 6.45) is 11.8. The van der Waals surface area contributed by atoms with E-state index in [-0.39, 0.29) is 0 Å². The van der Waals surface area contributed by atoms with Gasteiger partial charge in [-0.3, -0.25) is 0 Å². The van der Waals surface area contributed by atoms with E-state index in [0.29, 0.717) is 11.5 Å². The summed E-state index contributed by atoms with van der Waals surface area (Å²) in [6, 6.07) is 0.606. The van der Waals surface area contributed by atoms with E-state index in [1.807, 2.05) is 0 Å². The Bertz CT molecular complexity index is 443. The molecule has 3 nitrogen and oxygen atoms in total. The van der Waals surface area contributed by atoms with Crippen molar-refractivity contribution in [2.75, 3.05) is 5.32 Å². The number of hydrogen-bond acceptors (Lipinski definition) is 3. The molecule has 0 atom stereocenters. The molecule has 104 valence electrons. The Morgan fingerprint density at radius 2 is 1.84 bits per heavy atom. The summed E-state index contributed by atoms with van der Waals surface area (Å²) in [7, 11) is 0. The number of aryl methyl sites for hydroxylation is 1. The summed E-state index contributed by atoms with van der Waals surface area (Å²) in [5, 5.41) is 3.70. The van der Waals surface area contributed by atoms with E-state index in [9.17, 15) is 0 Å². The molecule has 3 heteroatoms. The maximum Gasteiger partial charge on any atom is 0.133 e. The topological polar surface area (TPSA) is 37.8 Å². The minimum atomic E-state index is 0.531. The van der Waals surface area contributed by atoms with Crippen molar-refractivity contribution in [1.29, 1.82) is 0 Å². The fourth-order valence-electron chi connectivity index (χ4n) is 3.38. The zero-order valence-electron chi connectivity index (χ0n) is 12.2. The molecule has 0 amide bonds. The van der Waals surface area contributed by atoms with Crippen molar-refractivity contribution in [2.24, 2.45) is 5.41 Å². The predicted molar refractivity (Wildman–Crippen MR) is 78.3 cm³/mol. The van der Waals surface area contributed by atoms with Gasteiger partial charge in [-0.05, 0) is 56.8 Å². The van der Waals surface area contributed by atoms with Crippen LogP contribution in [-0.2, 0) is 12.8 Å². The monoisotopic (exact) mass is 259 g/mol. The number of rotatable bonds is 2. The number of nitrogens with one attached hydrogen (secondary N) is 1. The lowest BCUT2D eigenvalue weighted by atomic mass is 9.75.